The molecule has 1 atom stereocenters. The van der Waals surface area contributed by atoms with Crippen molar-refractivity contribution in [1.82, 2.24) is 4.90 Å². The topological polar surface area (TPSA) is 66.8 Å². The van der Waals surface area contributed by atoms with Gasteiger partial charge in [-0.25, -0.2) is 4.79 Å². The van der Waals surface area contributed by atoms with Crippen LogP contribution in [0, 0.1) is 11.8 Å². The molecule has 150 valence electrons. The number of ether oxygens (including phenoxy) is 1. The van der Waals surface area contributed by atoms with Gasteiger partial charge in [-0.3, -0.25) is 4.79 Å². The number of piperidine rings is 1. The highest BCUT2D eigenvalue weighted by atomic mass is 16.5. The molecule has 1 unspecified atom stereocenters. The van der Waals surface area contributed by atoms with Crippen LogP contribution in [0.4, 0.5) is 0 Å². The Balaban J connectivity index is 1.73. The van der Waals surface area contributed by atoms with E-state index in [1.165, 1.54) is 0 Å². The van der Waals surface area contributed by atoms with Crippen molar-refractivity contribution in [2.75, 3.05) is 19.7 Å². The maximum Gasteiger partial charge on any atom is 0.335 e. The van der Waals surface area contributed by atoms with Crippen LogP contribution in [0.25, 0.3) is 0 Å². The van der Waals surface area contributed by atoms with Gasteiger partial charge in [0.05, 0.1) is 24.7 Å². The first-order chi connectivity index (χ1) is 12.9. The standard InChI is InChI=1S/C22H33NO4/c1-16(2)14-17(3)27-13-10-21(24)23-11-8-18(9-12-23)15-19-6-4-5-7-20(19)22(25)26/h4-7,16-18H,8-15H2,1-3H3,(H,25,26). The molecule has 0 aliphatic carbocycles. The summed E-state index contributed by atoms with van der Waals surface area (Å²) in [5.74, 6) is 0.318. The van der Waals surface area contributed by atoms with Crippen molar-refractivity contribution in [3.05, 3.63) is 35.4 Å². The molecule has 0 bridgehead atoms. The van der Waals surface area contributed by atoms with Crippen molar-refractivity contribution in [3.63, 3.8) is 0 Å². The molecule has 0 saturated carbocycles. The molecule has 1 aliphatic rings. The van der Waals surface area contributed by atoms with E-state index in [1.807, 2.05) is 17.0 Å². The van der Waals surface area contributed by atoms with Gasteiger partial charge in [-0.05, 0) is 56.1 Å². The number of aromatic carboxylic acids is 1. The number of carboxylic acid groups (broad SMARTS) is 1. The van der Waals surface area contributed by atoms with Crippen LogP contribution in [-0.4, -0.2) is 47.7 Å². The summed E-state index contributed by atoms with van der Waals surface area (Å²) in [5.41, 5.74) is 1.28. The Kier molecular flexibility index (Phi) is 8.29. The minimum Gasteiger partial charge on any atom is -0.478 e. The fraction of sp³-hybridized carbons (Fsp3) is 0.636. The Morgan fingerprint density at radius 2 is 1.85 bits per heavy atom. The van der Waals surface area contributed by atoms with Crippen LogP contribution in [0.1, 0.15) is 62.4 Å². The fourth-order valence-corrected chi connectivity index (χ4v) is 3.84. The first-order valence-electron chi connectivity index (χ1n) is 10.1. The Bertz CT molecular complexity index is 620. The van der Waals surface area contributed by atoms with E-state index in [0.717, 1.165) is 44.3 Å². The normalized spacial score (nSPS) is 16.5. The van der Waals surface area contributed by atoms with E-state index in [-0.39, 0.29) is 12.0 Å². The molecule has 0 spiro atoms. The number of rotatable bonds is 9. The number of carbonyl (C=O) groups is 2. The van der Waals surface area contributed by atoms with E-state index in [2.05, 4.69) is 20.8 Å². The molecule has 1 amide bonds. The molecule has 1 heterocycles. The van der Waals surface area contributed by atoms with Crippen molar-refractivity contribution in [2.45, 2.75) is 59.0 Å². The van der Waals surface area contributed by atoms with Gasteiger partial charge in [-0.2, -0.15) is 0 Å². The first-order valence-corrected chi connectivity index (χ1v) is 10.1. The molecule has 1 aromatic carbocycles. The van der Waals surface area contributed by atoms with E-state index in [4.69, 9.17) is 4.74 Å². The Labute approximate surface area is 162 Å². The van der Waals surface area contributed by atoms with Crippen LogP contribution in [0.15, 0.2) is 24.3 Å². The number of benzene rings is 1. The second-order valence-corrected chi connectivity index (χ2v) is 8.05. The number of carbonyl (C=O) groups excluding carboxylic acids is 1. The SMILES string of the molecule is CC(C)CC(C)OCCC(=O)N1CCC(Cc2ccccc2C(=O)O)CC1. The van der Waals surface area contributed by atoms with Crippen molar-refractivity contribution >= 4 is 11.9 Å². The molecule has 1 N–H and O–H groups in total. The van der Waals surface area contributed by atoms with Crippen molar-refractivity contribution < 1.29 is 19.4 Å². The van der Waals surface area contributed by atoms with Crippen molar-refractivity contribution in [2.24, 2.45) is 11.8 Å². The second kappa shape index (κ2) is 10.5. The zero-order chi connectivity index (χ0) is 19.8. The smallest absolute Gasteiger partial charge is 0.335 e. The zero-order valence-electron chi connectivity index (χ0n) is 16.8. The summed E-state index contributed by atoms with van der Waals surface area (Å²) in [7, 11) is 0. The summed E-state index contributed by atoms with van der Waals surface area (Å²) in [6, 6.07) is 7.21. The average Bonchev–Trinajstić information content (AvgIpc) is 2.62. The van der Waals surface area contributed by atoms with E-state index >= 15 is 0 Å². The highest BCUT2D eigenvalue weighted by Crippen LogP contribution is 2.24. The molecule has 1 fully saturated rings. The molecule has 0 aromatic heterocycles. The van der Waals surface area contributed by atoms with E-state index in [0.29, 0.717) is 30.4 Å². The lowest BCUT2D eigenvalue weighted by Crippen LogP contribution is -2.39. The van der Waals surface area contributed by atoms with E-state index in [9.17, 15) is 14.7 Å². The summed E-state index contributed by atoms with van der Waals surface area (Å²) in [4.78, 5) is 25.7. The molecular formula is C22H33NO4. The molecule has 1 aromatic rings. The average molecular weight is 376 g/mol. The van der Waals surface area contributed by atoms with Gasteiger partial charge in [0, 0.05) is 13.1 Å². The maximum absolute atomic E-state index is 12.4. The van der Waals surface area contributed by atoms with Gasteiger partial charge < -0.3 is 14.7 Å². The van der Waals surface area contributed by atoms with Gasteiger partial charge in [0.15, 0.2) is 0 Å². The third-order valence-corrected chi connectivity index (χ3v) is 5.25. The third kappa shape index (κ3) is 6.98. The lowest BCUT2D eigenvalue weighted by Gasteiger charge is -2.32. The Hall–Kier alpha value is -1.88. The van der Waals surface area contributed by atoms with Gasteiger partial charge in [-0.1, -0.05) is 32.0 Å². The van der Waals surface area contributed by atoms with Gasteiger partial charge in [-0.15, -0.1) is 0 Å². The minimum absolute atomic E-state index is 0.163. The van der Waals surface area contributed by atoms with Crippen LogP contribution < -0.4 is 0 Å². The quantitative estimate of drug-likeness (QED) is 0.708. The van der Waals surface area contributed by atoms with Crippen molar-refractivity contribution in [1.29, 1.82) is 0 Å². The molecule has 5 heteroatoms. The van der Waals surface area contributed by atoms with Crippen LogP contribution in [0.2, 0.25) is 0 Å². The molecule has 2 rings (SSSR count). The summed E-state index contributed by atoms with van der Waals surface area (Å²) >= 11 is 0. The number of nitrogens with zero attached hydrogens (tertiary/aromatic N) is 1. The summed E-state index contributed by atoms with van der Waals surface area (Å²) in [6.45, 7) is 8.39. The van der Waals surface area contributed by atoms with Crippen LogP contribution >= 0.6 is 0 Å². The predicted octanol–water partition coefficient (Wildman–Crippen LogP) is 4.01. The molecule has 5 nitrogen and oxygen atoms in total. The van der Waals surface area contributed by atoms with Crippen LogP contribution in [0.5, 0.6) is 0 Å². The third-order valence-electron chi connectivity index (χ3n) is 5.25. The number of likely N-dealkylation sites (tertiary alicyclic amines) is 1. The number of hydrogen-bond donors (Lipinski definition) is 1. The van der Waals surface area contributed by atoms with Gasteiger partial charge >= 0.3 is 5.97 Å². The fourth-order valence-electron chi connectivity index (χ4n) is 3.84. The summed E-state index contributed by atoms with van der Waals surface area (Å²) < 4.78 is 5.75. The molecule has 27 heavy (non-hydrogen) atoms. The highest BCUT2D eigenvalue weighted by Gasteiger charge is 2.24. The zero-order valence-corrected chi connectivity index (χ0v) is 16.8. The van der Waals surface area contributed by atoms with Gasteiger partial charge in [0.25, 0.3) is 0 Å². The maximum atomic E-state index is 12.4. The van der Waals surface area contributed by atoms with Gasteiger partial charge in [0.1, 0.15) is 0 Å². The second-order valence-electron chi connectivity index (χ2n) is 8.05. The number of hydrogen-bond acceptors (Lipinski definition) is 3. The Morgan fingerprint density at radius 3 is 2.48 bits per heavy atom. The Morgan fingerprint density at radius 1 is 1.19 bits per heavy atom. The lowest BCUT2D eigenvalue weighted by atomic mass is 9.88. The summed E-state index contributed by atoms with van der Waals surface area (Å²) in [5, 5.41) is 9.31. The van der Waals surface area contributed by atoms with E-state index < -0.39 is 5.97 Å². The molecule has 0 radical (unpaired) electrons. The number of amides is 1. The summed E-state index contributed by atoms with van der Waals surface area (Å²) in [6.07, 6.45) is 4.25. The van der Waals surface area contributed by atoms with E-state index in [1.54, 1.807) is 12.1 Å². The van der Waals surface area contributed by atoms with Crippen LogP contribution in [0.3, 0.4) is 0 Å². The molecular weight excluding hydrogens is 342 g/mol. The van der Waals surface area contributed by atoms with Crippen molar-refractivity contribution in [3.8, 4) is 0 Å². The monoisotopic (exact) mass is 375 g/mol. The highest BCUT2D eigenvalue weighted by molar-refractivity contribution is 5.89. The minimum atomic E-state index is -0.870. The largest absolute Gasteiger partial charge is 0.478 e. The van der Waals surface area contributed by atoms with Crippen LogP contribution in [-0.2, 0) is 16.0 Å². The predicted molar refractivity (Wildman–Crippen MR) is 106 cm³/mol. The van der Waals surface area contributed by atoms with Gasteiger partial charge in [0.2, 0.25) is 5.91 Å². The number of carboxylic acids is 1. The molecule has 1 saturated heterocycles. The lowest BCUT2D eigenvalue weighted by molar-refractivity contribution is -0.134. The first kappa shape index (κ1) is 21.4. The molecule has 1 aliphatic heterocycles.